The zero-order chi connectivity index (χ0) is 12.4. The van der Waals surface area contributed by atoms with Crippen LogP contribution in [0.5, 0.6) is 0 Å². The van der Waals surface area contributed by atoms with Crippen LogP contribution in [-0.4, -0.2) is 0 Å². The molecule has 0 aliphatic carbocycles. The summed E-state index contributed by atoms with van der Waals surface area (Å²) in [6.45, 7) is 0.547. The van der Waals surface area contributed by atoms with Gasteiger partial charge >= 0.3 is 0 Å². The molecule has 1 heterocycles. The standard InChI is InChI=1S/C11H7Br2Cl2NO/c12-8-4-7(17-11(8)13)5-16-10-2-1-6(14)3-9(10)15/h1-4,16H,5H2. The van der Waals surface area contributed by atoms with E-state index in [4.69, 9.17) is 27.6 Å². The summed E-state index contributed by atoms with van der Waals surface area (Å²) >= 11 is 18.5. The van der Waals surface area contributed by atoms with E-state index in [1.54, 1.807) is 12.1 Å². The number of benzene rings is 1. The lowest BCUT2D eigenvalue weighted by Crippen LogP contribution is -1.98. The van der Waals surface area contributed by atoms with E-state index in [0.717, 1.165) is 15.9 Å². The maximum atomic E-state index is 6.04. The lowest BCUT2D eigenvalue weighted by molar-refractivity contribution is 0.494. The van der Waals surface area contributed by atoms with Gasteiger partial charge in [-0.3, -0.25) is 0 Å². The van der Waals surface area contributed by atoms with Gasteiger partial charge in [-0.2, -0.15) is 0 Å². The van der Waals surface area contributed by atoms with Gasteiger partial charge in [-0.25, -0.2) is 0 Å². The molecule has 1 aromatic heterocycles. The molecule has 2 nitrogen and oxygen atoms in total. The van der Waals surface area contributed by atoms with E-state index in [-0.39, 0.29) is 0 Å². The van der Waals surface area contributed by atoms with E-state index < -0.39 is 0 Å². The van der Waals surface area contributed by atoms with E-state index in [0.29, 0.717) is 21.3 Å². The van der Waals surface area contributed by atoms with Crippen molar-refractivity contribution in [1.29, 1.82) is 0 Å². The molecule has 0 saturated carbocycles. The number of anilines is 1. The van der Waals surface area contributed by atoms with Crippen LogP contribution in [-0.2, 0) is 6.54 Å². The van der Waals surface area contributed by atoms with Gasteiger partial charge in [0.1, 0.15) is 5.76 Å². The third kappa shape index (κ3) is 3.41. The van der Waals surface area contributed by atoms with Crippen LogP contribution in [0.3, 0.4) is 0 Å². The summed E-state index contributed by atoms with van der Waals surface area (Å²) in [4.78, 5) is 0. The van der Waals surface area contributed by atoms with Crippen molar-refractivity contribution in [3.05, 3.63) is 49.2 Å². The predicted molar refractivity (Wildman–Crippen MR) is 77.9 cm³/mol. The summed E-state index contributed by atoms with van der Waals surface area (Å²) in [6.07, 6.45) is 0. The Morgan fingerprint density at radius 1 is 1.18 bits per heavy atom. The molecule has 17 heavy (non-hydrogen) atoms. The van der Waals surface area contributed by atoms with Crippen LogP contribution in [0.25, 0.3) is 0 Å². The highest BCUT2D eigenvalue weighted by Crippen LogP contribution is 2.29. The molecule has 1 aromatic carbocycles. The second-order valence-electron chi connectivity index (χ2n) is 3.31. The van der Waals surface area contributed by atoms with Crippen LogP contribution >= 0.6 is 55.1 Å². The first-order valence-corrected chi connectivity index (χ1v) is 7.03. The number of halogens is 4. The molecular formula is C11H7Br2Cl2NO. The topological polar surface area (TPSA) is 25.2 Å². The normalized spacial score (nSPS) is 10.6. The van der Waals surface area contributed by atoms with Crippen molar-refractivity contribution in [1.82, 2.24) is 0 Å². The van der Waals surface area contributed by atoms with E-state index in [2.05, 4.69) is 37.2 Å². The Kier molecular flexibility index (Phi) is 4.42. The maximum Gasteiger partial charge on any atom is 0.183 e. The average Bonchev–Trinajstić information content (AvgIpc) is 2.57. The van der Waals surface area contributed by atoms with Crippen LogP contribution in [0.15, 0.2) is 37.8 Å². The second-order valence-corrected chi connectivity index (χ2v) is 5.73. The Morgan fingerprint density at radius 3 is 2.53 bits per heavy atom. The highest BCUT2D eigenvalue weighted by Gasteiger charge is 2.07. The molecule has 0 atom stereocenters. The smallest absolute Gasteiger partial charge is 0.183 e. The van der Waals surface area contributed by atoms with Crippen molar-refractivity contribution in [3.8, 4) is 0 Å². The Bertz CT molecular complexity index is 523. The van der Waals surface area contributed by atoms with Crippen molar-refractivity contribution in [2.75, 3.05) is 5.32 Å². The molecule has 0 aliphatic rings. The van der Waals surface area contributed by atoms with Crippen molar-refractivity contribution >= 4 is 60.7 Å². The largest absolute Gasteiger partial charge is 0.451 e. The Morgan fingerprint density at radius 2 is 1.94 bits per heavy atom. The molecule has 0 bridgehead atoms. The highest BCUT2D eigenvalue weighted by atomic mass is 79.9. The fourth-order valence-corrected chi connectivity index (χ4v) is 2.43. The minimum Gasteiger partial charge on any atom is -0.451 e. The van der Waals surface area contributed by atoms with Gasteiger partial charge in [-0.15, -0.1) is 0 Å². The molecular weight excluding hydrogens is 393 g/mol. The van der Waals surface area contributed by atoms with E-state index >= 15 is 0 Å². The summed E-state index contributed by atoms with van der Waals surface area (Å²) < 4.78 is 7.00. The number of nitrogens with one attached hydrogen (secondary N) is 1. The quantitative estimate of drug-likeness (QED) is 0.713. The van der Waals surface area contributed by atoms with Crippen molar-refractivity contribution in [2.45, 2.75) is 6.54 Å². The van der Waals surface area contributed by atoms with Crippen LogP contribution in [0, 0.1) is 0 Å². The third-order valence-electron chi connectivity index (χ3n) is 2.08. The minimum absolute atomic E-state index is 0.547. The zero-order valence-electron chi connectivity index (χ0n) is 8.44. The summed E-state index contributed by atoms with van der Waals surface area (Å²) in [7, 11) is 0. The molecule has 90 valence electrons. The first-order valence-electron chi connectivity index (χ1n) is 4.69. The Balaban J connectivity index is 2.07. The Hall–Kier alpha value is -0.160. The average molecular weight is 400 g/mol. The van der Waals surface area contributed by atoms with Gasteiger partial charge in [0.15, 0.2) is 4.67 Å². The van der Waals surface area contributed by atoms with Crippen LogP contribution in [0.4, 0.5) is 5.69 Å². The molecule has 0 radical (unpaired) electrons. The van der Waals surface area contributed by atoms with E-state index in [1.807, 2.05) is 12.1 Å². The molecule has 0 fully saturated rings. The van der Waals surface area contributed by atoms with Gasteiger partial charge in [0.2, 0.25) is 0 Å². The second kappa shape index (κ2) is 5.65. The minimum atomic E-state index is 0.547. The first-order chi connectivity index (χ1) is 8.06. The lowest BCUT2D eigenvalue weighted by atomic mass is 10.3. The van der Waals surface area contributed by atoms with Gasteiger partial charge in [0.25, 0.3) is 0 Å². The summed E-state index contributed by atoms with van der Waals surface area (Å²) in [6, 6.07) is 7.20. The molecule has 2 aromatic rings. The molecule has 6 heteroatoms. The lowest BCUT2D eigenvalue weighted by Gasteiger charge is -2.06. The Labute approximate surface area is 126 Å². The molecule has 0 unspecified atom stereocenters. The van der Waals surface area contributed by atoms with Crippen LogP contribution < -0.4 is 5.32 Å². The maximum absolute atomic E-state index is 6.04. The zero-order valence-corrected chi connectivity index (χ0v) is 13.1. The predicted octanol–water partition coefficient (Wildman–Crippen LogP) is 5.72. The summed E-state index contributed by atoms with van der Waals surface area (Å²) in [5.41, 5.74) is 0.819. The fourth-order valence-electron chi connectivity index (χ4n) is 1.29. The van der Waals surface area contributed by atoms with Gasteiger partial charge < -0.3 is 9.73 Å². The molecule has 0 saturated heterocycles. The summed E-state index contributed by atoms with van der Waals surface area (Å²) in [5.74, 6) is 0.801. The molecule has 0 amide bonds. The monoisotopic (exact) mass is 397 g/mol. The van der Waals surface area contributed by atoms with Gasteiger partial charge in [0.05, 0.1) is 21.7 Å². The van der Waals surface area contributed by atoms with Crippen LogP contribution in [0.1, 0.15) is 5.76 Å². The molecule has 1 N–H and O–H groups in total. The van der Waals surface area contributed by atoms with Crippen molar-refractivity contribution < 1.29 is 4.42 Å². The number of hydrogen-bond donors (Lipinski definition) is 1. The van der Waals surface area contributed by atoms with Gasteiger partial charge in [0, 0.05) is 5.02 Å². The fraction of sp³-hybridized carbons (Fsp3) is 0.0909. The molecule has 0 spiro atoms. The molecule has 0 aliphatic heterocycles. The van der Waals surface area contributed by atoms with Gasteiger partial charge in [-0.05, 0) is 56.1 Å². The number of rotatable bonds is 3. The number of hydrogen-bond acceptors (Lipinski definition) is 2. The first kappa shape index (κ1) is 13.3. The van der Waals surface area contributed by atoms with Crippen LogP contribution in [0.2, 0.25) is 10.0 Å². The molecule has 2 rings (SSSR count). The van der Waals surface area contributed by atoms with E-state index in [1.165, 1.54) is 0 Å². The van der Waals surface area contributed by atoms with Gasteiger partial charge in [-0.1, -0.05) is 23.2 Å². The number of furan rings is 1. The van der Waals surface area contributed by atoms with Crippen molar-refractivity contribution in [2.24, 2.45) is 0 Å². The summed E-state index contributed by atoms with van der Waals surface area (Å²) in [5, 5.41) is 4.37. The van der Waals surface area contributed by atoms with Crippen molar-refractivity contribution in [3.63, 3.8) is 0 Å². The van der Waals surface area contributed by atoms with E-state index in [9.17, 15) is 0 Å². The highest BCUT2D eigenvalue weighted by molar-refractivity contribution is 9.13. The third-order valence-corrected chi connectivity index (χ3v) is 4.34. The SMILES string of the molecule is Clc1ccc(NCc2cc(Br)c(Br)o2)c(Cl)c1.